The number of hydrogen-bond donors (Lipinski definition) is 2. The Balaban J connectivity index is 1.31. The molecule has 0 spiro atoms. The number of thiophene rings is 1. The highest BCUT2D eigenvalue weighted by molar-refractivity contribution is 7.10. The van der Waals surface area contributed by atoms with E-state index in [4.69, 9.17) is 4.42 Å². The summed E-state index contributed by atoms with van der Waals surface area (Å²) in [5.74, 6) is -0.486. The number of nitrogens with one attached hydrogen (secondary N) is 2. The third-order valence-corrected chi connectivity index (χ3v) is 6.51. The molecule has 0 radical (unpaired) electrons. The number of H-pyrrole nitrogens is 1. The van der Waals surface area contributed by atoms with E-state index in [1.165, 1.54) is 9.44 Å². The lowest BCUT2D eigenvalue weighted by Crippen LogP contribution is -2.30. The average Bonchev–Trinajstić information content (AvgIpc) is 3.52. The molecule has 0 bridgehead atoms. The molecule has 5 rings (SSSR count). The summed E-state index contributed by atoms with van der Waals surface area (Å²) in [5, 5.41) is 6.27. The zero-order valence-corrected chi connectivity index (χ0v) is 17.5. The maximum Gasteiger partial charge on any atom is 0.419 e. The van der Waals surface area contributed by atoms with Crippen LogP contribution in [-0.4, -0.2) is 22.0 Å². The molecule has 0 aliphatic rings. The number of para-hydroxylation sites is 3. The van der Waals surface area contributed by atoms with Gasteiger partial charge in [0.2, 0.25) is 5.91 Å². The normalized spacial score (nSPS) is 12.4. The van der Waals surface area contributed by atoms with Crippen molar-refractivity contribution < 1.29 is 9.21 Å². The highest BCUT2D eigenvalue weighted by atomic mass is 32.1. The molecule has 1 atom stereocenters. The van der Waals surface area contributed by atoms with Crippen molar-refractivity contribution in [3.05, 3.63) is 93.2 Å². The fourth-order valence-corrected chi connectivity index (χ4v) is 4.82. The van der Waals surface area contributed by atoms with Crippen molar-refractivity contribution >= 4 is 39.2 Å². The lowest BCUT2D eigenvalue weighted by molar-refractivity contribution is -0.121. The van der Waals surface area contributed by atoms with Gasteiger partial charge in [0, 0.05) is 47.4 Å². The van der Waals surface area contributed by atoms with Gasteiger partial charge < -0.3 is 14.7 Å². The smallest absolute Gasteiger partial charge is 0.408 e. The van der Waals surface area contributed by atoms with E-state index < -0.39 is 5.76 Å². The van der Waals surface area contributed by atoms with Crippen LogP contribution < -0.4 is 11.1 Å². The first kappa shape index (κ1) is 19.4. The van der Waals surface area contributed by atoms with Crippen LogP contribution in [0, 0.1) is 0 Å². The molecule has 6 nitrogen and oxygen atoms in total. The second kappa shape index (κ2) is 8.28. The first-order chi connectivity index (χ1) is 15.2. The van der Waals surface area contributed by atoms with Crippen LogP contribution in [0.4, 0.5) is 0 Å². The Morgan fingerprint density at radius 3 is 2.81 bits per heavy atom. The SMILES string of the molecule is O=C(CCn1c(=O)oc2ccccc21)NC[C@H](c1cccs1)c1c[nH]c2ccccc12. The number of hydrogen-bond acceptors (Lipinski definition) is 4. The highest BCUT2D eigenvalue weighted by Gasteiger charge is 2.20. The third-order valence-electron chi connectivity index (χ3n) is 5.52. The number of aryl methyl sites for hydroxylation is 1. The van der Waals surface area contributed by atoms with Crippen LogP contribution in [0.1, 0.15) is 22.8 Å². The molecule has 0 unspecified atom stereocenters. The number of benzene rings is 2. The minimum absolute atomic E-state index is 0.0533. The third kappa shape index (κ3) is 3.80. The van der Waals surface area contributed by atoms with Gasteiger partial charge in [0.1, 0.15) is 0 Å². The zero-order valence-electron chi connectivity index (χ0n) is 16.7. The number of carbonyl (C=O) groups excluding carboxylic acids is 1. The number of fused-ring (bicyclic) bond motifs is 2. The first-order valence-electron chi connectivity index (χ1n) is 10.1. The minimum Gasteiger partial charge on any atom is -0.408 e. The van der Waals surface area contributed by atoms with Gasteiger partial charge in [-0.05, 0) is 35.2 Å². The Kier molecular flexibility index (Phi) is 5.18. The molecule has 3 heterocycles. The Labute approximate surface area is 182 Å². The fraction of sp³-hybridized carbons (Fsp3) is 0.167. The summed E-state index contributed by atoms with van der Waals surface area (Å²) in [6.07, 6.45) is 2.23. The van der Waals surface area contributed by atoms with Gasteiger partial charge >= 0.3 is 5.76 Å². The van der Waals surface area contributed by atoms with E-state index in [-0.39, 0.29) is 24.8 Å². The molecule has 0 fully saturated rings. The van der Waals surface area contributed by atoms with Gasteiger partial charge in [0.05, 0.1) is 5.52 Å². The van der Waals surface area contributed by atoms with Gasteiger partial charge in [-0.25, -0.2) is 4.79 Å². The number of amides is 1. The number of oxazole rings is 1. The van der Waals surface area contributed by atoms with Crippen LogP contribution >= 0.6 is 11.3 Å². The van der Waals surface area contributed by atoms with Crippen LogP contribution in [-0.2, 0) is 11.3 Å². The van der Waals surface area contributed by atoms with E-state index in [2.05, 4.69) is 33.9 Å². The van der Waals surface area contributed by atoms with Crippen molar-refractivity contribution in [2.45, 2.75) is 18.9 Å². The van der Waals surface area contributed by atoms with Crippen molar-refractivity contribution in [3.8, 4) is 0 Å². The molecule has 31 heavy (non-hydrogen) atoms. The van der Waals surface area contributed by atoms with Crippen molar-refractivity contribution in [1.29, 1.82) is 0 Å². The molecule has 0 saturated carbocycles. The molecule has 156 valence electrons. The van der Waals surface area contributed by atoms with E-state index in [1.54, 1.807) is 17.4 Å². The van der Waals surface area contributed by atoms with Crippen molar-refractivity contribution in [2.75, 3.05) is 6.54 Å². The molecule has 1 amide bonds. The summed E-state index contributed by atoms with van der Waals surface area (Å²) < 4.78 is 6.75. The second-order valence-electron chi connectivity index (χ2n) is 7.40. The predicted octanol–water partition coefficient (Wildman–Crippen LogP) is 4.48. The Hall–Kier alpha value is -3.58. The summed E-state index contributed by atoms with van der Waals surface area (Å²) in [6, 6.07) is 19.5. The number of nitrogens with zero attached hydrogens (tertiary/aromatic N) is 1. The summed E-state index contributed by atoms with van der Waals surface area (Å²) in [4.78, 5) is 29.3. The van der Waals surface area contributed by atoms with E-state index in [1.807, 2.05) is 42.6 Å². The first-order valence-corrected chi connectivity index (χ1v) is 11.0. The molecule has 0 aliphatic heterocycles. The van der Waals surface area contributed by atoms with Crippen LogP contribution in [0.15, 0.2) is 81.5 Å². The van der Waals surface area contributed by atoms with E-state index in [0.717, 1.165) is 16.5 Å². The maximum absolute atomic E-state index is 12.6. The summed E-state index contributed by atoms with van der Waals surface area (Å²) in [7, 11) is 0. The van der Waals surface area contributed by atoms with Crippen molar-refractivity contribution in [2.24, 2.45) is 0 Å². The van der Waals surface area contributed by atoms with Gasteiger partial charge in [-0.2, -0.15) is 0 Å². The number of aromatic nitrogens is 2. The van der Waals surface area contributed by atoms with Crippen molar-refractivity contribution in [1.82, 2.24) is 14.9 Å². The standard InChI is InChI=1S/C24H21N3O3S/c28-23(11-12-27-20-8-3-4-9-21(20)30-24(27)29)26-15-18(22-10-5-13-31-22)17-14-25-19-7-2-1-6-16(17)19/h1-10,13-14,18,25H,11-12,15H2,(H,26,28)/t18-/m0/s1. The lowest BCUT2D eigenvalue weighted by atomic mass is 9.96. The highest BCUT2D eigenvalue weighted by Crippen LogP contribution is 2.32. The maximum atomic E-state index is 12.6. The lowest BCUT2D eigenvalue weighted by Gasteiger charge is -2.16. The van der Waals surface area contributed by atoms with Crippen LogP contribution in [0.25, 0.3) is 22.0 Å². The predicted molar refractivity (Wildman–Crippen MR) is 123 cm³/mol. The van der Waals surface area contributed by atoms with Crippen LogP contribution in [0.5, 0.6) is 0 Å². The Morgan fingerprint density at radius 1 is 1.10 bits per heavy atom. The Morgan fingerprint density at radius 2 is 1.94 bits per heavy atom. The van der Waals surface area contributed by atoms with E-state index in [0.29, 0.717) is 17.6 Å². The molecule has 0 saturated heterocycles. The number of aromatic amines is 1. The molecular formula is C24H21N3O3S. The van der Waals surface area contributed by atoms with Gasteiger partial charge in [0.25, 0.3) is 0 Å². The molecule has 3 aromatic heterocycles. The summed E-state index contributed by atoms with van der Waals surface area (Å²) in [5.41, 5.74) is 3.48. The summed E-state index contributed by atoms with van der Waals surface area (Å²) >= 11 is 1.68. The molecule has 7 heteroatoms. The fourth-order valence-electron chi connectivity index (χ4n) is 3.98. The largest absolute Gasteiger partial charge is 0.419 e. The molecule has 5 aromatic rings. The molecule has 0 aliphatic carbocycles. The quantitative estimate of drug-likeness (QED) is 0.399. The summed E-state index contributed by atoms with van der Waals surface area (Å²) in [6.45, 7) is 0.765. The average molecular weight is 432 g/mol. The van der Waals surface area contributed by atoms with Gasteiger partial charge in [-0.3, -0.25) is 9.36 Å². The minimum atomic E-state index is -0.441. The van der Waals surface area contributed by atoms with Crippen LogP contribution in [0.2, 0.25) is 0 Å². The molecular weight excluding hydrogens is 410 g/mol. The Bertz CT molecular complexity index is 1390. The number of rotatable bonds is 7. The number of carbonyl (C=O) groups is 1. The van der Waals surface area contributed by atoms with Gasteiger partial charge in [-0.1, -0.05) is 36.4 Å². The zero-order chi connectivity index (χ0) is 21.2. The van der Waals surface area contributed by atoms with E-state index >= 15 is 0 Å². The monoisotopic (exact) mass is 431 g/mol. The van der Waals surface area contributed by atoms with Gasteiger partial charge in [0.15, 0.2) is 5.58 Å². The topological polar surface area (TPSA) is 80.0 Å². The van der Waals surface area contributed by atoms with Crippen molar-refractivity contribution in [3.63, 3.8) is 0 Å². The van der Waals surface area contributed by atoms with E-state index in [9.17, 15) is 9.59 Å². The van der Waals surface area contributed by atoms with Crippen LogP contribution in [0.3, 0.4) is 0 Å². The molecule has 2 N–H and O–H groups in total. The molecule has 2 aromatic carbocycles. The van der Waals surface area contributed by atoms with Gasteiger partial charge in [-0.15, -0.1) is 11.3 Å². The second-order valence-corrected chi connectivity index (χ2v) is 8.38.